The first-order valence-electron chi connectivity index (χ1n) is 6.08. The molecule has 0 atom stereocenters. The molecule has 0 spiro atoms. The van der Waals surface area contributed by atoms with E-state index in [4.69, 9.17) is 10.5 Å². The van der Waals surface area contributed by atoms with Crippen LogP contribution in [0.3, 0.4) is 0 Å². The van der Waals surface area contributed by atoms with Crippen LogP contribution in [0.2, 0.25) is 0 Å². The third-order valence-corrected chi connectivity index (χ3v) is 2.96. The maximum absolute atomic E-state index is 12.1. The van der Waals surface area contributed by atoms with Crippen molar-refractivity contribution in [2.24, 2.45) is 0 Å². The highest BCUT2D eigenvalue weighted by atomic mass is 35.5. The first kappa shape index (κ1) is 15.7. The van der Waals surface area contributed by atoms with Crippen LogP contribution in [0.5, 0.6) is 0 Å². The van der Waals surface area contributed by atoms with Crippen LogP contribution in [0.4, 0.5) is 5.69 Å². The lowest BCUT2D eigenvalue weighted by Gasteiger charge is -2.38. The Morgan fingerprint density at radius 2 is 2.26 bits per heavy atom. The van der Waals surface area contributed by atoms with Gasteiger partial charge in [0.05, 0.1) is 30.5 Å². The van der Waals surface area contributed by atoms with Gasteiger partial charge in [-0.3, -0.25) is 9.78 Å². The first-order valence-corrected chi connectivity index (χ1v) is 6.08. The second kappa shape index (κ2) is 6.21. The Morgan fingerprint density at radius 1 is 1.53 bits per heavy atom. The van der Waals surface area contributed by atoms with E-state index in [1.807, 2.05) is 18.7 Å². The van der Waals surface area contributed by atoms with Gasteiger partial charge in [-0.25, -0.2) is 0 Å². The highest BCUT2D eigenvalue weighted by Gasteiger charge is 2.29. The minimum Gasteiger partial charge on any atom is -0.397 e. The first-order chi connectivity index (χ1) is 8.46. The number of ether oxygens (including phenoxy) is 1. The average molecular weight is 286 g/mol. The number of nitrogen functional groups attached to an aromatic ring is 1. The zero-order chi connectivity index (χ0) is 13.2. The molecule has 0 aliphatic carbocycles. The van der Waals surface area contributed by atoms with Crippen molar-refractivity contribution in [2.75, 3.05) is 25.4 Å². The summed E-state index contributed by atoms with van der Waals surface area (Å²) in [7, 11) is 0. The van der Waals surface area contributed by atoms with E-state index in [1.54, 1.807) is 18.3 Å². The summed E-state index contributed by atoms with van der Waals surface area (Å²) in [5, 5.41) is 0. The van der Waals surface area contributed by atoms with Crippen LogP contribution in [0.1, 0.15) is 19.5 Å². The van der Waals surface area contributed by atoms with Gasteiger partial charge in [0.25, 0.3) is 0 Å². The molecule has 106 valence electrons. The molecule has 1 aliphatic heterocycles. The van der Waals surface area contributed by atoms with Crippen molar-refractivity contribution in [3.63, 3.8) is 0 Å². The molecule has 6 heteroatoms. The van der Waals surface area contributed by atoms with Crippen molar-refractivity contribution in [1.82, 2.24) is 9.88 Å². The van der Waals surface area contributed by atoms with Gasteiger partial charge in [0.2, 0.25) is 5.91 Å². The van der Waals surface area contributed by atoms with Gasteiger partial charge >= 0.3 is 0 Å². The Bertz CT molecular complexity index is 434. The fourth-order valence-electron chi connectivity index (χ4n) is 2.04. The molecule has 1 amide bonds. The zero-order valence-electron chi connectivity index (χ0n) is 11.3. The summed E-state index contributed by atoms with van der Waals surface area (Å²) in [6, 6.07) is 3.55. The summed E-state index contributed by atoms with van der Waals surface area (Å²) in [6.07, 6.45) is 1.89. The lowest BCUT2D eigenvalue weighted by atomic mass is 10.1. The predicted molar refractivity (Wildman–Crippen MR) is 76.2 cm³/mol. The van der Waals surface area contributed by atoms with Crippen molar-refractivity contribution >= 4 is 24.0 Å². The number of nitrogens with zero attached hydrogens (tertiary/aromatic N) is 2. The summed E-state index contributed by atoms with van der Waals surface area (Å²) in [5.74, 6) is 0.0867. The molecular formula is C13H20ClN3O2. The van der Waals surface area contributed by atoms with E-state index < -0.39 is 0 Å². The molecule has 0 radical (unpaired) electrons. The van der Waals surface area contributed by atoms with Crippen LogP contribution in [0, 0.1) is 0 Å². The van der Waals surface area contributed by atoms with Crippen molar-refractivity contribution < 1.29 is 9.53 Å². The number of nitrogens with two attached hydrogens (primary N) is 1. The molecular weight excluding hydrogens is 266 g/mol. The molecule has 0 unspecified atom stereocenters. The fraction of sp³-hybridized carbons (Fsp3) is 0.538. The highest BCUT2D eigenvalue weighted by molar-refractivity contribution is 5.85. The van der Waals surface area contributed by atoms with Gasteiger partial charge in [-0.05, 0) is 26.0 Å². The second-order valence-corrected chi connectivity index (χ2v) is 5.18. The third-order valence-electron chi connectivity index (χ3n) is 2.96. The Labute approximate surface area is 119 Å². The van der Waals surface area contributed by atoms with Gasteiger partial charge in [-0.1, -0.05) is 0 Å². The topological polar surface area (TPSA) is 68.5 Å². The molecule has 1 aromatic rings. The van der Waals surface area contributed by atoms with Gasteiger partial charge in [0.1, 0.15) is 0 Å². The number of carbonyl (C=O) groups excluding carboxylic acids is 1. The molecule has 2 heterocycles. The summed E-state index contributed by atoms with van der Waals surface area (Å²) in [4.78, 5) is 18.1. The molecule has 2 N–H and O–H groups in total. The van der Waals surface area contributed by atoms with Crippen molar-refractivity contribution in [3.05, 3.63) is 24.0 Å². The second-order valence-electron chi connectivity index (χ2n) is 5.18. The Hall–Kier alpha value is -1.33. The number of anilines is 1. The van der Waals surface area contributed by atoms with Crippen LogP contribution < -0.4 is 5.73 Å². The van der Waals surface area contributed by atoms with Gasteiger partial charge in [-0.15, -0.1) is 12.4 Å². The van der Waals surface area contributed by atoms with E-state index in [0.717, 1.165) is 5.69 Å². The van der Waals surface area contributed by atoms with E-state index >= 15 is 0 Å². The van der Waals surface area contributed by atoms with Gasteiger partial charge in [0, 0.05) is 18.8 Å². The number of hydrogen-bond acceptors (Lipinski definition) is 4. The number of hydrogen-bond donors (Lipinski definition) is 1. The van der Waals surface area contributed by atoms with Gasteiger partial charge in [0.15, 0.2) is 0 Å². The molecule has 0 aromatic carbocycles. The van der Waals surface area contributed by atoms with E-state index in [0.29, 0.717) is 31.8 Å². The molecule has 1 fully saturated rings. The number of amides is 1. The number of halogens is 1. The summed E-state index contributed by atoms with van der Waals surface area (Å²) < 4.78 is 5.59. The van der Waals surface area contributed by atoms with E-state index in [9.17, 15) is 4.79 Å². The quantitative estimate of drug-likeness (QED) is 0.888. The summed E-state index contributed by atoms with van der Waals surface area (Å²) in [6.45, 7) is 5.85. The monoisotopic (exact) mass is 285 g/mol. The van der Waals surface area contributed by atoms with Crippen LogP contribution >= 0.6 is 12.4 Å². The maximum atomic E-state index is 12.1. The minimum absolute atomic E-state index is 0. The SMILES string of the molecule is CC1(C)CN(C(=O)Cc2ccc(N)cn2)CCO1.Cl. The number of morpholine rings is 1. The molecule has 0 bridgehead atoms. The average Bonchev–Trinajstić information content (AvgIpc) is 2.31. The van der Waals surface area contributed by atoms with Crippen LogP contribution in [-0.2, 0) is 16.0 Å². The highest BCUT2D eigenvalue weighted by Crippen LogP contribution is 2.17. The lowest BCUT2D eigenvalue weighted by Crippen LogP contribution is -2.51. The third kappa shape index (κ3) is 4.36. The molecule has 5 nitrogen and oxygen atoms in total. The van der Waals surface area contributed by atoms with Crippen molar-refractivity contribution in [3.8, 4) is 0 Å². The summed E-state index contributed by atoms with van der Waals surface area (Å²) >= 11 is 0. The van der Waals surface area contributed by atoms with Crippen molar-refractivity contribution in [1.29, 1.82) is 0 Å². The van der Waals surface area contributed by atoms with E-state index in [1.165, 1.54) is 0 Å². The molecule has 1 aliphatic rings. The van der Waals surface area contributed by atoms with E-state index in [-0.39, 0.29) is 23.9 Å². The van der Waals surface area contributed by atoms with Crippen LogP contribution in [0.15, 0.2) is 18.3 Å². The Kier molecular flexibility index (Phi) is 5.14. The lowest BCUT2D eigenvalue weighted by molar-refractivity contribution is -0.145. The van der Waals surface area contributed by atoms with Crippen LogP contribution in [0.25, 0.3) is 0 Å². The largest absolute Gasteiger partial charge is 0.397 e. The number of carbonyl (C=O) groups is 1. The molecule has 0 saturated carbocycles. The maximum Gasteiger partial charge on any atom is 0.228 e. The normalized spacial score (nSPS) is 17.7. The standard InChI is InChI=1S/C13H19N3O2.ClH/c1-13(2)9-16(5-6-18-13)12(17)7-11-4-3-10(14)8-15-11;/h3-4,8H,5-7,9,14H2,1-2H3;1H. The molecule has 2 rings (SSSR count). The Balaban J connectivity index is 0.00000180. The van der Waals surface area contributed by atoms with E-state index in [2.05, 4.69) is 4.98 Å². The van der Waals surface area contributed by atoms with Crippen molar-refractivity contribution in [2.45, 2.75) is 25.9 Å². The summed E-state index contributed by atoms with van der Waals surface area (Å²) in [5.41, 5.74) is 6.66. The number of aromatic nitrogens is 1. The molecule has 1 saturated heterocycles. The van der Waals surface area contributed by atoms with Crippen LogP contribution in [-0.4, -0.2) is 41.1 Å². The number of rotatable bonds is 2. The minimum atomic E-state index is -0.261. The zero-order valence-corrected chi connectivity index (χ0v) is 12.1. The Morgan fingerprint density at radius 3 is 2.84 bits per heavy atom. The smallest absolute Gasteiger partial charge is 0.228 e. The van der Waals surface area contributed by atoms with Gasteiger partial charge in [-0.2, -0.15) is 0 Å². The molecule has 19 heavy (non-hydrogen) atoms. The molecule has 1 aromatic heterocycles. The van der Waals surface area contributed by atoms with Gasteiger partial charge < -0.3 is 15.4 Å². The predicted octanol–water partition coefficient (Wildman–Crippen LogP) is 1.27. The number of pyridine rings is 1. The fourth-order valence-corrected chi connectivity index (χ4v) is 2.04.